The molecule has 0 spiro atoms. The van der Waals surface area contributed by atoms with Gasteiger partial charge in [0, 0.05) is 50.2 Å². The topological polar surface area (TPSA) is 64.7 Å². The van der Waals surface area contributed by atoms with E-state index in [1.54, 1.807) is 0 Å². The second-order valence-electron chi connectivity index (χ2n) is 11.5. The maximum absolute atomic E-state index is 13.2. The van der Waals surface area contributed by atoms with Crippen molar-refractivity contribution in [2.24, 2.45) is 23.2 Å². The number of amides is 2. The molecule has 34 heavy (non-hydrogen) atoms. The highest BCUT2D eigenvalue weighted by atomic mass is 16.2. The van der Waals surface area contributed by atoms with Crippen molar-refractivity contribution in [2.45, 2.75) is 58.4 Å². The average Bonchev–Trinajstić information content (AvgIpc) is 2.85. The molecule has 1 heterocycles. The van der Waals surface area contributed by atoms with Crippen molar-refractivity contribution >= 4 is 11.8 Å². The van der Waals surface area contributed by atoms with E-state index in [1.807, 2.05) is 24.3 Å². The minimum absolute atomic E-state index is 0.0139. The molecule has 2 amide bonds. The van der Waals surface area contributed by atoms with Gasteiger partial charge in [-0.2, -0.15) is 0 Å². The lowest BCUT2D eigenvalue weighted by Gasteiger charge is -2.55. The van der Waals surface area contributed by atoms with E-state index in [4.69, 9.17) is 0 Å². The third-order valence-electron chi connectivity index (χ3n) is 9.04. The molecule has 0 aromatic heterocycles. The molecule has 6 heteroatoms. The van der Waals surface area contributed by atoms with Crippen molar-refractivity contribution in [2.75, 3.05) is 45.8 Å². The van der Waals surface area contributed by atoms with Crippen LogP contribution in [-0.4, -0.2) is 67.4 Å². The molecule has 1 aliphatic heterocycles. The minimum atomic E-state index is -0.0990. The molecule has 0 atom stereocenters. The van der Waals surface area contributed by atoms with Gasteiger partial charge < -0.3 is 20.4 Å². The highest BCUT2D eigenvalue weighted by Gasteiger charge is 2.54. The first-order chi connectivity index (χ1) is 16.5. The molecule has 2 N–H and O–H groups in total. The number of carbonyl (C=O) groups excluding carboxylic acids is 2. The number of piperazine rings is 1. The predicted molar refractivity (Wildman–Crippen MR) is 134 cm³/mol. The fraction of sp³-hybridized carbons (Fsp3) is 0.714. The van der Waals surface area contributed by atoms with E-state index < -0.39 is 0 Å². The zero-order valence-corrected chi connectivity index (χ0v) is 20.9. The van der Waals surface area contributed by atoms with Crippen molar-refractivity contribution in [3.05, 3.63) is 35.4 Å². The second kappa shape index (κ2) is 10.4. The van der Waals surface area contributed by atoms with Gasteiger partial charge in [0.1, 0.15) is 0 Å². The van der Waals surface area contributed by atoms with Gasteiger partial charge in [-0.3, -0.25) is 9.59 Å². The van der Waals surface area contributed by atoms with Gasteiger partial charge in [0.05, 0.1) is 0 Å². The maximum Gasteiger partial charge on any atom is 0.251 e. The Labute approximate surface area is 204 Å². The average molecular weight is 467 g/mol. The molecular weight excluding hydrogens is 424 g/mol. The number of benzene rings is 1. The Bertz CT molecular complexity index is 824. The van der Waals surface area contributed by atoms with Gasteiger partial charge in [0.15, 0.2) is 0 Å². The summed E-state index contributed by atoms with van der Waals surface area (Å²) in [6.07, 6.45) is 8.33. The van der Waals surface area contributed by atoms with Gasteiger partial charge in [0.25, 0.3) is 5.91 Å². The molecule has 6 rings (SSSR count). The van der Waals surface area contributed by atoms with E-state index in [-0.39, 0.29) is 17.2 Å². The van der Waals surface area contributed by atoms with E-state index in [2.05, 4.69) is 27.4 Å². The zero-order valence-electron chi connectivity index (χ0n) is 20.9. The van der Waals surface area contributed by atoms with Crippen molar-refractivity contribution < 1.29 is 9.59 Å². The number of rotatable bonds is 9. The second-order valence-corrected chi connectivity index (χ2v) is 11.5. The van der Waals surface area contributed by atoms with Gasteiger partial charge >= 0.3 is 0 Å². The highest BCUT2D eigenvalue weighted by molar-refractivity contribution is 5.94. The molecule has 4 bridgehead atoms. The van der Waals surface area contributed by atoms with Crippen LogP contribution in [-0.2, 0) is 11.3 Å². The third-order valence-corrected chi connectivity index (χ3v) is 9.04. The van der Waals surface area contributed by atoms with E-state index in [9.17, 15) is 9.59 Å². The van der Waals surface area contributed by atoms with Crippen molar-refractivity contribution in [3.8, 4) is 0 Å². The maximum atomic E-state index is 13.2. The summed E-state index contributed by atoms with van der Waals surface area (Å²) in [5.74, 6) is 2.59. The quantitative estimate of drug-likeness (QED) is 0.548. The number of hydrogen-bond donors (Lipinski definition) is 2. The summed E-state index contributed by atoms with van der Waals surface area (Å²) in [6.45, 7) is 10.2. The molecule has 4 aliphatic carbocycles. The van der Waals surface area contributed by atoms with Gasteiger partial charge in [0.2, 0.25) is 5.91 Å². The van der Waals surface area contributed by atoms with E-state index in [0.717, 1.165) is 88.3 Å². The summed E-state index contributed by atoms with van der Waals surface area (Å²) in [7, 11) is 0. The van der Waals surface area contributed by atoms with Crippen LogP contribution in [0.4, 0.5) is 0 Å². The van der Waals surface area contributed by atoms with Crippen LogP contribution in [0.25, 0.3) is 0 Å². The van der Waals surface area contributed by atoms with Gasteiger partial charge in [-0.1, -0.05) is 19.1 Å². The van der Waals surface area contributed by atoms with E-state index in [0.29, 0.717) is 18.7 Å². The predicted octanol–water partition coefficient (Wildman–Crippen LogP) is 3.28. The molecule has 0 unspecified atom stereocenters. The molecule has 186 valence electrons. The monoisotopic (exact) mass is 466 g/mol. The Kier molecular flexibility index (Phi) is 7.26. The number of likely N-dealkylation sites (N-methyl/N-ethyl adjacent to an activating group) is 1. The summed E-state index contributed by atoms with van der Waals surface area (Å²) < 4.78 is 0. The lowest BCUT2D eigenvalue weighted by molar-refractivity contribution is -0.146. The Morgan fingerprint density at radius 2 is 1.47 bits per heavy atom. The van der Waals surface area contributed by atoms with Crippen LogP contribution < -0.4 is 10.6 Å². The van der Waals surface area contributed by atoms with Crippen molar-refractivity contribution in [1.82, 2.24) is 20.4 Å². The first-order valence-electron chi connectivity index (χ1n) is 13.6. The molecule has 1 saturated heterocycles. The van der Waals surface area contributed by atoms with Crippen molar-refractivity contribution in [3.63, 3.8) is 0 Å². The van der Waals surface area contributed by atoms with Crippen LogP contribution in [0.15, 0.2) is 24.3 Å². The van der Waals surface area contributed by atoms with Crippen LogP contribution >= 0.6 is 0 Å². The first-order valence-corrected chi connectivity index (χ1v) is 13.6. The van der Waals surface area contributed by atoms with Crippen LogP contribution in [0.5, 0.6) is 0 Å². The van der Waals surface area contributed by atoms with E-state index in [1.165, 1.54) is 19.3 Å². The van der Waals surface area contributed by atoms with Gasteiger partial charge in [-0.15, -0.1) is 0 Å². The molecule has 6 nitrogen and oxygen atoms in total. The third kappa shape index (κ3) is 5.33. The first kappa shape index (κ1) is 23.8. The highest BCUT2D eigenvalue weighted by Crippen LogP contribution is 2.60. The number of carbonyl (C=O) groups is 2. The summed E-state index contributed by atoms with van der Waals surface area (Å²) in [6, 6.07) is 7.71. The smallest absolute Gasteiger partial charge is 0.251 e. The lowest BCUT2D eigenvalue weighted by atomic mass is 9.49. The van der Waals surface area contributed by atoms with Crippen LogP contribution in [0.3, 0.4) is 0 Å². The fourth-order valence-electron chi connectivity index (χ4n) is 7.47. The lowest BCUT2D eigenvalue weighted by Crippen LogP contribution is -2.53. The summed E-state index contributed by atoms with van der Waals surface area (Å²) in [5.41, 5.74) is 1.64. The van der Waals surface area contributed by atoms with E-state index >= 15 is 0 Å². The molecule has 1 aromatic rings. The van der Waals surface area contributed by atoms with Crippen LogP contribution in [0.1, 0.15) is 67.8 Å². The number of nitrogens with zero attached hydrogens (tertiary/aromatic N) is 2. The number of hydrogen-bond acceptors (Lipinski definition) is 4. The van der Waals surface area contributed by atoms with Gasteiger partial charge in [-0.25, -0.2) is 0 Å². The molecule has 0 radical (unpaired) electrons. The Balaban J connectivity index is 1.03. The van der Waals surface area contributed by atoms with Crippen LogP contribution in [0, 0.1) is 23.2 Å². The summed E-state index contributed by atoms with van der Waals surface area (Å²) in [4.78, 5) is 30.6. The zero-order chi connectivity index (χ0) is 23.5. The van der Waals surface area contributed by atoms with Crippen molar-refractivity contribution in [1.29, 1.82) is 0 Å². The SMILES string of the molecule is CCN1CCN(CCCNC(=O)c2ccc(CNC(=O)C34CC5CC(CC(C5)C3)C4)cc2)CC1. The Morgan fingerprint density at radius 3 is 2.06 bits per heavy atom. The summed E-state index contributed by atoms with van der Waals surface area (Å²) in [5, 5.41) is 6.29. The number of nitrogens with one attached hydrogen (secondary N) is 2. The Hall–Kier alpha value is -1.92. The fourth-order valence-corrected chi connectivity index (χ4v) is 7.47. The molecule has 5 aliphatic rings. The standard InChI is InChI=1S/C28H42N4O2/c1-2-31-10-12-32(13-11-31)9-3-8-29-26(33)25-6-4-21(5-7-25)20-30-27(34)28-17-22-14-23(18-28)16-24(15-22)19-28/h4-7,22-24H,2-3,8-20H2,1H3,(H,29,33)(H,30,34). The Morgan fingerprint density at radius 1 is 0.882 bits per heavy atom. The molecule has 1 aromatic carbocycles. The molecule has 4 saturated carbocycles. The summed E-state index contributed by atoms with van der Waals surface area (Å²) >= 11 is 0. The largest absolute Gasteiger partial charge is 0.352 e. The molecule has 5 fully saturated rings. The van der Waals surface area contributed by atoms with Gasteiger partial charge in [-0.05, 0) is 93.5 Å². The molecular formula is C28H42N4O2. The minimum Gasteiger partial charge on any atom is -0.352 e. The van der Waals surface area contributed by atoms with Crippen LogP contribution in [0.2, 0.25) is 0 Å². The normalized spacial score (nSPS) is 30.9.